The van der Waals surface area contributed by atoms with Crippen LogP contribution in [0.3, 0.4) is 0 Å². The third kappa shape index (κ3) is 3.42. The Morgan fingerprint density at radius 3 is 1.72 bits per heavy atom. The summed E-state index contributed by atoms with van der Waals surface area (Å²) in [5.41, 5.74) is 2.51. The largest absolute Gasteiger partial charge is 0.537 e. The molecule has 0 amide bonds. The van der Waals surface area contributed by atoms with Crippen molar-refractivity contribution in [3.63, 3.8) is 0 Å². The number of hydrogen-bond donors (Lipinski definition) is 0. The Labute approximate surface area is 111 Å². The summed E-state index contributed by atoms with van der Waals surface area (Å²) >= 11 is 0. The van der Waals surface area contributed by atoms with E-state index in [1.165, 1.54) is 11.1 Å². The van der Waals surface area contributed by atoms with Gasteiger partial charge in [-0.25, -0.2) is 0 Å². The molecule has 0 N–H and O–H groups in total. The van der Waals surface area contributed by atoms with Crippen molar-refractivity contribution < 1.29 is 13.3 Å². The molecule has 0 aromatic heterocycles. The van der Waals surface area contributed by atoms with Crippen LogP contribution < -0.4 is 5.19 Å². The molecule has 0 spiro atoms. The minimum atomic E-state index is -2.73. The molecular weight excluding hydrogens is 244 g/mol. The van der Waals surface area contributed by atoms with E-state index in [-0.39, 0.29) is 0 Å². The van der Waals surface area contributed by atoms with E-state index in [4.69, 9.17) is 13.3 Å². The molecule has 0 aliphatic heterocycles. The normalized spacial score (nSPS) is 11.8. The van der Waals surface area contributed by atoms with E-state index in [0.717, 1.165) is 5.19 Å². The highest BCUT2D eigenvalue weighted by Crippen LogP contribution is 2.13. The lowest BCUT2D eigenvalue weighted by molar-refractivity contribution is 0.0859. The zero-order valence-electron chi connectivity index (χ0n) is 12.1. The molecule has 1 aromatic rings. The van der Waals surface area contributed by atoms with E-state index >= 15 is 0 Å². The average Bonchev–Trinajstić information content (AvgIpc) is 2.33. The second kappa shape index (κ2) is 7.04. The van der Waals surface area contributed by atoms with Crippen LogP contribution in [0.25, 0.3) is 0 Å². The Kier molecular flexibility index (Phi) is 6.01. The highest BCUT2D eigenvalue weighted by Gasteiger charge is 2.43. The van der Waals surface area contributed by atoms with Crippen molar-refractivity contribution in [2.45, 2.75) is 34.6 Å². The van der Waals surface area contributed by atoms with Crippen LogP contribution >= 0.6 is 0 Å². The summed E-state index contributed by atoms with van der Waals surface area (Å²) < 4.78 is 17.7. The van der Waals surface area contributed by atoms with E-state index in [0.29, 0.717) is 19.8 Å². The molecule has 0 fully saturated rings. The van der Waals surface area contributed by atoms with Crippen LogP contribution in [-0.2, 0) is 13.3 Å². The summed E-state index contributed by atoms with van der Waals surface area (Å²) in [7, 11) is -2.73. The van der Waals surface area contributed by atoms with Crippen molar-refractivity contribution in [2.24, 2.45) is 0 Å². The number of benzene rings is 1. The van der Waals surface area contributed by atoms with Crippen LogP contribution in [0.4, 0.5) is 0 Å². The summed E-state index contributed by atoms with van der Waals surface area (Å²) in [6, 6.07) is 6.29. The van der Waals surface area contributed by atoms with Gasteiger partial charge in [-0.15, -0.1) is 0 Å². The summed E-state index contributed by atoms with van der Waals surface area (Å²) in [6.45, 7) is 11.9. The lowest BCUT2D eigenvalue weighted by Crippen LogP contribution is -2.57. The van der Waals surface area contributed by atoms with Crippen molar-refractivity contribution >= 4 is 14.0 Å². The molecule has 18 heavy (non-hydrogen) atoms. The molecule has 0 saturated carbocycles. The van der Waals surface area contributed by atoms with E-state index in [1.54, 1.807) is 0 Å². The Morgan fingerprint density at radius 2 is 1.33 bits per heavy atom. The molecule has 102 valence electrons. The highest BCUT2D eigenvalue weighted by molar-refractivity contribution is 6.75. The third-order valence-corrected chi connectivity index (χ3v) is 5.89. The van der Waals surface area contributed by atoms with Crippen LogP contribution in [0.5, 0.6) is 0 Å². The van der Waals surface area contributed by atoms with Crippen molar-refractivity contribution in [3.05, 3.63) is 29.3 Å². The fourth-order valence-electron chi connectivity index (χ4n) is 1.88. The SMILES string of the molecule is CCO[Si](OCC)(OCC)c1ccc(C)c(C)c1. The predicted molar refractivity (Wildman–Crippen MR) is 76.2 cm³/mol. The smallest absolute Gasteiger partial charge is 0.370 e. The van der Waals surface area contributed by atoms with Gasteiger partial charge in [0, 0.05) is 25.0 Å². The van der Waals surface area contributed by atoms with Gasteiger partial charge in [0.15, 0.2) is 0 Å². The van der Waals surface area contributed by atoms with E-state index in [1.807, 2.05) is 20.8 Å². The second-order valence-electron chi connectivity index (χ2n) is 4.15. The maximum atomic E-state index is 5.89. The van der Waals surface area contributed by atoms with Crippen molar-refractivity contribution in [1.29, 1.82) is 0 Å². The standard InChI is InChI=1S/C14H24O3Si/c1-6-15-18(16-7-2,17-8-3)14-10-9-12(4)13(5)11-14/h9-11H,6-8H2,1-5H3. The molecule has 0 aliphatic carbocycles. The molecule has 0 unspecified atom stereocenters. The zero-order valence-corrected chi connectivity index (χ0v) is 13.1. The summed E-state index contributed by atoms with van der Waals surface area (Å²) in [5, 5.41) is 1.05. The Morgan fingerprint density at radius 1 is 0.833 bits per heavy atom. The molecule has 0 heterocycles. The Hall–Kier alpha value is -0.683. The van der Waals surface area contributed by atoms with Gasteiger partial charge in [-0.3, -0.25) is 0 Å². The molecule has 3 nitrogen and oxygen atoms in total. The number of rotatable bonds is 7. The minimum absolute atomic E-state index is 0.596. The van der Waals surface area contributed by atoms with Gasteiger partial charge in [0.05, 0.1) is 0 Å². The molecule has 4 heteroatoms. The number of hydrogen-bond acceptors (Lipinski definition) is 3. The fourth-order valence-corrected chi connectivity index (χ4v) is 4.45. The fraction of sp³-hybridized carbons (Fsp3) is 0.571. The van der Waals surface area contributed by atoms with E-state index in [9.17, 15) is 0 Å². The first-order valence-corrected chi connectivity index (χ1v) is 8.31. The third-order valence-electron chi connectivity index (χ3n) is 2.86. The molecule has 1 aromatic carbocycles. The quantitative estimate of drug-likeness (QED) is 0.711. The van der Waals surface area contributed by atoms with Crippen molar-refractivity contribution in [2.75, 3.05) is 19.8 Å². The first kappa shape index (κ1) is 15.4. The van der Waals surface area contributed by atoms with Gasteiger partial charge < -0.3 is 13.3 Å². The molecule has 0 atom stereocenters. The molecule has 0 aliphatic rings. The maximum Gasteiger partial charge on any atom is 0.537 e. The van der Waals surface area contributed by atoms with Gasteiger partial charge in [-0.2, -0.15) is 0 Å². The van der Waals surface area contributed by atoms with Gasteiger partial charge in [-0.1, -0.05) is 18.2 Å². The Bertz CT molecular complexity index is 362. The minimum Gasteiger partial charge on any atom is -0.370 e. The van der Waals surface area contributed by atoms with Gasteiger partial charge in [-0.05, 0) is 45.7 Å². The van der Waals surface area contributed by atoms with E-state index < -0.39 is 8.80 Å². The topological polar surface area (TPSA) is 27.7 Å². The van der Waals surface area contributed by atoms with Crippen LogP contribution in [0.1, 0.15) is 31.9 Å². The summed E-state index contributed by atoms with van der Waals surface area (Å²) in [4.78, 5) is 0. The zero-order chi connectivity index (χ0) is 13.6. The molecular formula is C14H24O3Si. The maximum absolute atomic E-state index is 5.89. The van der Waals surface area contributed by atoms with Gasteiger partial charge in [0.2, 0.25) is 0 Å². The van der Waals surface area contributed by atoms with Gasteiger partial charge >= 0.3 is 8.80 Å². The molecule has 0 saturated heterocycles. The van der Waals surface area contributed by atoms with Crippen LogP contribution in [0.2, 0.25) is 0 Å². The van der Waals surface area contributed by atoms with Crippen molar-refractivity contribution in [1.82, 2.24) is 0 Å². The first-order valence-electron chi connectivity index (χ1n) is 6.59. The van der Waals surface area contributed by atoms with Gasteiger partial charge in [0.1, 0.15) is 0 Å². The second-order valence-corrected chi connectivity index (χ2v) is 6.71. The summed E-state index contributed by atoms with van der Waals surface area (Å²) in [5.74, 6) is 0. The highest BCUT2D eigenvalue weighted by atomic mass is 28.4. The lowest BCUT2D eigenvalue weighted by Gasteiger charge is -2.29. The lowest BCUT2D eigenvalue weighted by atomic mass is 10.1. The van der Waals surface area contributed by atoms with Gasteiger partial charge in [0.25, 0.3) is 0 Å². The molecule has 0 bridgehead atoms. The Balaban J connectivity index is 3.16. The first-order chi connectivity index (χ1) is 8.59. The van der Waals surface area contributed by atoms with Crippen LogP contribution in [0.15, 0.2) is 18.2 Å². The average molecular weight is 268 g/mol. The predicted octanol–water partition coefficient (Wildman–Crippen LogP) is 2.56. The van der Waals surface area contributed by atoms with Crippen LogP contribution in [0, 0.1) is 13.8 Å². The molecule has 1 rings (SSSR count). The van der Waals surface area contributed by atoms with Crippen molar-refractivity contribution in [3.8, 4) is 0 Å². The van der Waals surface area contributed by atoms with E-state index in [2.05, 4.69) is 32.0 Å². The molecule has 0 radical (unpaired) electrons. The van der Waals surface area contributed by atoms with Crippen LogP contribution in [-0.4, -0.2) is 28.6 Å². The summed E-state index contributed by atoms with van der Waals surface area (Å²) in [6.07, 6.45) is 0. The monoisotopic (exact) mass is 268 g/mol. The number of aryl methyl sites for hydroxylation is 2.